The highest BCUT2D eigenvalue weighted by atomic mass is 16.8. The van der Waals surface area contributed by atoms with E-state index in [0.29, 0.717) is 12.8 Å². The molecular weight excluding hydrogens is 957 g/mol. The zero-order valence-electron chi connectivity index (χ0n) is 43.7. The molecule has 0 radical (unpaired) electrons. The third-order valence-electron chi connectivity index (χ3n) is 20.7. The number of aliphatic hydroxyl groups excluding tert-OH is 9. The minimum Gasteiger partial charge on any atom is -0.502 e. The molecule has 25 unspecified atom stereocenters. The van der Waals surface area contributed by atoms with Crippen molar-refractivity contribution in [2.24, 2.45) is 50.2 Å². The van der Waals surface area contributed by atoms with Crippen molar-refractivity contribution < 1.29 is 98.5 Å². The SMILES string of the molecule is CC1=C(O)C(=O)CC(OC2CC(C)(C)CC3C4=CCC5C6(C)CCC(OC7OC(C(=O)O)C(O)C(O)C7OC7OCC(O)C(O)C7OC7OC(C)C(O)C(O)C7O)C(C)(CO)C6CCC5(C)C4(C)CCC23C)O1. The van der Waals surface area contributed by atoms with E-state index in [-0.39, 0.29) is 81.3 Å². The van der Waals surface area contributed by atoms with E-state index in [1.165, 1.54) is 12.5 Å². The third kappa shape index (κ3) is 8.95. The molecule has 4 saturated carbocycles. The molecule has 4 aliphatic heterocycles. The number of hydrogen-bond donors (Lipinski definition) is 10. The van der Waals surface area contributed by atoms with Gasteiger partial charge in [-0.2, -0.15) is 0 Å². The molecule has 0 spiro atoms. The molecule has 0 aromatic carbocycles. The number of carbonyl (C=O) groups excluding carboxylic acids is 1. The molecule has 10 N–H and O–H groups in total. The highest BCUT2D eigenvalue weighted by Gasteiger charge is 2.70. The lowest BCUT2D eigenvalue weighted by atomic mass is 9.33. The number of carboxylic acid groups (broad SMARTS) is 1. The van der Waals surface area contributed by atoms with E-state index in [2.05, 4.69) is 47.6 Å². The molecule has 7 fully saturated rings. The van der Waals surface area contributed by atoms with Gasteiger partial charge in [0.25, 0.3) is 0 Å². The predicted octanol–water partition coefficient (Wildman–Crippen LogP) is 2.47. The van der Waals surface area contributed by atoms with Crippen molar-refractivity contribution in [3.05, 3.63) is 23.2 Å². The van der Waals surface area contributed by atoms with Crippen LogP contribution in [-0.4, -0.2) is 181 Å². The standard InChI is InChI=1S/C53H82O20/c1-23-34(57)27(55)18-33(67-23)69-32-20-48(3,4)19-26-25-10-11-30-50(6)14-13-31(51(7,22-54)29(50)12-15-53(30,9)52(25,8)17-16-49(26,32)5)70-47-43(39(62)38(61)41(71-47)44(64)65)73-46-42(36(59)28(56)21-66-46)72-45-40(63)37(60)35(58)24(2)68-45/h10,24,26,28-33,35-43,45-47,54,56-63H,11-22H2,1-9H3,(H,64,65). The number of rotatable bonds is 10. The van der Waals surface area contributed by atoms with Crippen LogP contribution in [0.15, 0.2) is 23.2 Å². The van der Waals surface area contributed by atoms with Gasteiger partial charge in [0.15, 0.2) is 30.7 Å². The molecule has 0 aromatic heterocycles. The van der Waals surface area contributed by atoms with Crippen molar-refractivity contribution in [2.45, 2.75) is 231 Å². The smallest absolute Gasteiger partial charge is 0.335 e. The van der Waals surface area contributed by atoms with Gasteiger partial charge in [0, 0.05) is 10.8 Å². The Balaban J connectivity index is 0.968. The number of hydrogen-bond acceptors (Lipinski definition) is 19. The zero-order valence-corrected chi connectivity index (χ0v) is 43.7. The summed E-state index contributed by atoms with van der Waals surface area (Å²) >= 11 is 0. The Bertz CT molecular complexity index is 2150. The molecule has 9 aliphatic rings. The highest BCUT2D eigenvalue weighted by Crippen LogP contribution is 2.76. The zero-order chi connectivity index (χ0) is 53.3. The second kappa shape index (κ2) is 19.5. The number of allylic oxidation sites excluding steroid dienone is 4. The number of aliphatic carboxylic acids is 1. The summed E-state index contributed by atoms with van der Waals surface area (Å²) in [5.74, 6) is -1.82. The maximum Gasteiger partial charge on any atom is 0.335 e. The first kappa shape index (κ1) is 55.4. The Labute approximate surface area is 426 Å². The monoisotopic (exact) mass is 1040 g/mol. The van der Waals surface area contributed by atoms with Crippen LogP contribution in [0.2, 0.25) is 0 Å². The fraction of sp³-hybridized carbons (Fsp3) is 0.887. The van der Waals surface area contributed by atoms with E-state index in [4.69, 9.17) is 37.9 Å². The predicted molar refractivity (Wildman–Crippen MR) is 253 cm³/mol. The van der Waals surface area contributed by atoms with Gasteiger partial charge in [-0.1, -0.05) is 60.1 Å². The maximum absolute atomic E-state index is 12.7. The first-order chi connectivity index (χ1) is 34.0. The molecule has 0 bridgehead atoms. The van der Waals surface area contributed by atoms with E-state index in [9.17, 15) is 60.7 Å². The van der Waals surface area contributed by atoms with Crippen LogP contribution in [-0.2, 0) is 47.5 Å². The molecular formula is C53H82O20. The lowest BCUT2D eigenvalue weighted by molar-refractivity contribution is -0.387. The van der Waals surface area contributed by atoms with Gasteiger partial charge in [0.1, 0.15) is 60.7 Å². The van der Waals surface area contributed by atoms with Crippen LogP contribution in [0.5, 0.6) is 0 Å². The summed E-state index contributed by atoms with van der Waals surface area (Å²) in [5.41, 5.74) is -0.391. The van der Waals surface area contributed by atoms with Crippen LogP contribution in [0.4, 0.5) is 0 Å². The van der Waals surface area contributed by atoms with Crippen LogP contribution in [0.25, 0.3) is 0 Å². The first-order valence-electron chi connectivity index (χ1n) is 26.5. The number of ketones is 1. The fourth-order valence-electron chi connectivity index (χ4n) is 16.0. The van der Waals surface area contributed by atoms with Crippen molar-refractivity contribution in [3.8, 4) is 0 Å². The summed E-state index contributed by atoms with van der Waals surface area (Å²) in [6.07, 6.45) is -15.9. The molecule has 3 saturated heterocycles. The Morgan fingerprint density at radius 3 is 2.08 bits per heavy atom. The quantitative estimate of drug-likeness (QED) is 0.111. The normalized spacial score (nSPS) is 52.9. The second-order valence-corrected chi connectivity index (χ2v) is 25.3. The van der Waals surface area contributed by atoms with E-state index >= 15 is 0 Å². The highest BCUT2D eigenvalue weighted by molar-refractivity contribution is 5.94. The summed E-state index contributed by atoms with van der Waals surface area (Å²) in [5, 5.41) is 108. The molecule has 0 aromatic rings. The topological polar surface area (TPSA) is 310 Å². The lowest BCUT2D eigenvalue weighted by Crippen LogP contribution is -2.68. The van der Waals surface area contributed by atoms with Gasteiger partial charge >= 0.3 is 5.97 Å². The summed E-state index contributed by atoms with van der Waals surface area (Å²) in [6.45, 7) is 18.4. The van der Waals surface area contributed by atoms with Gasteiger partial charge in [-0.25, -0.2) is 4.79 Å². The maximum atomic E-state index is 12.7. The minimum atomic E-state index is -2.04. The number of ether oxygens (including phenoxy) is 8. The van der Waals surface area contributed by atoms with Crippen molar-refractivity contribution in [2.75, 3.05) is 13.2 Å². The molecule has 5 aliphatic carbocycles. The Kier molecular flexibility index (Phi) is 14.8. The van der Waals surface area contributed by atoms with Crippen LogP contribution in [0, 0.1) is 50.2 Å². The molecule has 20 heteroatoms. The average molecular weight is 1040 g/mol. The number of fused-ring (bicyclic) bond motifs is 7. The lowest BCUT2D eigenvalue weighted by Gasteiger charge is -2.72. The van der Waals surface area contributed by atoms with Gasteiger partial charge in [0.2, 0.25) is 12.1 Å². The van der Waals surface area contributed by atoms with E-state index in [1.54, 1.807) is 6.92 Å². The van der Waals surface area contributed by atoms with Crippen LogP contribution in [0.3, 0.4) is 0 Å². The molecule has 9 rings (SSSR count). The Morgan fingerprint density at radius 1 is 0.726 bits per heavy atom. The van der Waals surface area contributed by atoms with E-state index < -0.39 is 116 Å². The molecule has 73 heavy (non-hydrogen) atoms. The number of carboxylic acids is 1. The van der Waals surface area contributed by atoms with Gasteiger partial charge in [-0.05, 0) is 111 Å². The van der Waals surface area contributed by atoms with E-state index in [0.717, 1.165) is 44.9 Å². The average Bonchev–Trinajstić information content (AvgIpc) is 3.32. The van der Waals surface area contributed by atoms with E-state index in [1.807, 2.05) is 6.92 Å². The summed E-state index contributed by atoms with van der Waals surface area (Å²) < 4.78 is 49.0. The van der Waals surface area contributed by atoms with Crippen molar-refractivity contribution in [1.29, 1.82) is 0 Å². The minimum absolute atomic E-state index is 0.0412. The number of aliphatic hydroxyl groups is 9. The van der Waals surface area contributed by atoms with Gasteiger partial charge < -0.3 is 89.0 Å². The van der Waals surface area contributed by atoms with Crippen LogP contribution >= 0.6 is 0 Å². The van der Waals surface area contributed by atoms with Gasteiger partial charge in [-0.15, -0.1) is 0 Å². The van der Waals surface area contributed by atoms with Crippen molar-refractivity contribution in [1.82, 2.24) is 0 Å². The molecule has 414 valence electrons. The molecule has 25 atom stereocenters. The third-order valence-corrected chi connectivity index (χ3v) is 20.7. The summed E-state index contributed by atoms with van der Waals surface area (Å²) in [6, 6.07) is 0. The van der Waals surface area contributed by atoms with Crippen molar-refractivity contribution >= 4 is 11.8 Å². The molecule has 0 amide bonds. The van der Waals surface area contributed by atoms with Crippen LogP contribution in [0.1, 0.15) is 127 Å². The Morgan fingerprint density at radius 2 is 1.41 bits per heavy atom. The number of carbonyl (C=O) groups is 2. The van der Waals surface area contributed by atoms with Crippen molar-refractivity contribution in [3.63, 3.8) is 0 Å². The second-order valence-electron chi connectivity index (χ2n) is 25.3. The van der Waals surface area contributed by atoms with Gasteiger partial charge in [-0.3, -0.25) is 4.79 Å². The molecule has 4 heterocycles. The Hall–Kier alpha value is -2.38. The summed E-state index contributed by atoms with van der Waals surface area (Å²) in [7, 11) is 0. The van der Waals surface area contributed by atoms with Crippen LogP contribution < -0.4 is 0 Å². The largest absolute Gasteiger partial charge is 0.502 e. The fourth-order valence-corrected chi connectivity index (χ4v) is 16.0. The summed E-state index contributed by atoms with van der Waals surface area (Å²) in [4.78, 5) is 25.2. The first-order valence-corrected chi connectivity index (χ1v) is 26.5. The number of Topliss-reactive ketones (excluding diaryl/α,β-unsaturated/α-hetero) is 1. The molecule has 20 nitrogen and oxygen atoms in total. The van der Waals surface area contributed by atoms with Gasteiger partial charge in [0.05, 0.1) is 37.9 Å².